The minimum absolute atomic E-state index is 0.0353. The van der Waals surface area contributed by atoms with Gasteiger partial charge in [-0.25, -0.2) is 4.79 Å². The third-order valence-corrected chi connectivity index (χ3v) is 3.57. The molecule has 3 rings (SSSR count). The minimum Gasteiger partial charge on any atom is -0.465 e. The van der Waals surface area contributed by atoms with Crippen molar-refractivity contribution in [2.24, 2.45) is 0 Å². The summed E-state index contributed by atoms with van der Waals surface area (Å²) in [6.07, 6.45) is 9.28. The van der Waals surface area contributed by atoms with Crippen LogP contribution < -0.4 is 5.32 Å². The van der Waals surface area contributed by atoms with Crippen molar-refractivity contribution in [1.29, 1.82) is 0 Å². The molecule has 0 saturated heterocycles. The number of aromatic nitrogens is 2. The highest BCUT2D eigenvalue weighted by Crippen LogP contribution is 2.31. The average molecular weight is 257 g/mol. The van der Waals surface area contributed by atoms with Crippen LogP contribution in [-0.2, 0) is 0 Å². The predicted molar refractivity (Wildman–Crippen MR) is 72.9 cm³/mol. The number of amides is 1. The number of hydrogen-bond acceptors (Lipinski definition) is 2. The molecule has 0 fully saturated rings. The Hall–Kier alpha value is -2.30. The SMILES string of the molecule is O=C(O)NC1CC=C(c2c[nH]c3cnccc23)CC1. The van der Waals surface area contributed by atoms with E-state index in [0.717, 1.165) is 24.8 Å². The summed E-state index contributed by atoms with van der Waals surface area (Å²) in [5.41, 5.74) is 3.51. The van der Waals surface area contributed by atoms with E-state index in [1.165, 1.54) is 16.5 Å². The molecule has 2 heterocycles. The molecule has 0 bridgehead atoms. The van der Waals surface area contributed by atoms with E-state index in [0.29, 0.717) is 0 Å². The summed E-state index contributed by atoms with van der Waals surface area (Å²) in [6.45, 7) is 0. The van der Waals surface area contributed by atoms with Gasteiger partial charge in [0.1, 0.15) is 0 Å². The molecule has 1 atom stereocenters. The van der Waals surface area contributed by atoms with Gasteiger partial charge in [-0.15, -0.1) is 0 Å². The van der Waals surface area contributed by atoms with Crippen LogP contribution in [0.25, 0.3) is 16.5 Å². The van der Waals surface area contributed by atoms with E-state index in [2.05, 4.69) is 21.4 Å². The van der Waals surface area contributed by atoms with Crippen molar-refractivity contribution in [1.82, 2.24) is 15.3 Å². The Bertz CT molecular complexity index is 645. The van der Waals surface area contributed by atoms with Gasteiger partial charge in [-0.1, -0.05) is 6.08 Å². The largest absolute Gasteiger partial charge is 0.465 e. The van der Waals surface area contributed by atoms with Crippen molar-refractivity contribution in [2.75, 3.05) is 0 Å². The van der Waals surface area contributed by atoms with Crippen LogP contribution in [0.2, 0.25) is 0 Å². The lowest BCUT2D eigenvalue weighted by Crippen LogP contribution is -2.34. The maximum atomic E-state index is 10.6. The van der Waals surface area contributed by atoms with Gasteiger partial charge in [-0.3, -0.25) is 4.98 Å². The fraction of sp³-hybridized carbons (Fsp3) is 0.286. The number of pyridine rings is 1. The Morgan fingerprint density at radius 3 is 3.16 bits per heavy atom. The van der Waals surface area contributed by atoms with E-state index in [1.807, 2.05) is 18.5 Å². The maximum Gasteiger partial charge on any atom is 0.404 e. The molecule has 1 amide bonds. The molecule has 3 N–H and O–H groups in total. The minimum atomic E-state index is -0.944. The Kier molecular flexibility index (Phi) is 2.95. The molecule has 1 unspecified atom stereocenters. The number of hydrogen-bond donors (Lipinski definition) is 3. The Morgan fingerprint density at radius 2 is 2.42 bits per heavy atom. The fourth-order valence-corrected chi connectivity index (χ4v) is 2.62. The Labute approximate surface area is 110 Å². The zero-order valence-electron chi connectivity index (χ0n) is 10.4. The van der Waals surface area contributed by atoms with Gasteiger partial charge >= 0.3 is 6.09 Å². The second kappa shape index (κ2) is 4.76. The average Bonchev–Trinajstić information content (AvgIpc) is 2.83. The molecule has 0 spiro atoms. The van der Waals surface area contributed by atoms with E-state index in [4.69, 9.17) is 5.11 Å². The summed E-state index contributed by atoms with van der Waals surface area (Å²) in [5.74, 6) is 0. The zero-order valence-corrected chi connectivity index (χ0v) is 10.4. The molecule has 0 saturated carbocycles. The van der Waals surface area contributed by atoms with Crippen molar-refractivity contribution in [3.63, 3.8) is 0 Å². The molecule has 1 aliphatic rings. The zero-order chi connectivity index (χ0) is 13.2. The molecule has 2 aromatic heterocycles. The number of carboxylic acid groups (broad SMARTS) is 1. The smallest absolute Gasteiger partial charge is 0.404 e. The highest BCUT2D eigenvalue weighted by atomic mass is 16.4. The quantitative estimate of drug-likeness (QED) is 0.774. The number of aromatic amines is 1. The van der Waals surface area contributed by atoms with E-state index in [-0.39, 0.29) is 6.04 Å². The lowest BCUT2D eigenvalue weighted by molar-refractivity contribution is 0.189. The van der Waals surface area contributed by atoms with Gasteiger partial charge in [0.15, 0.2) is 0 Å². The van der Waals surface area contributed by atoms with Crippen LogP contribution in [0.5, 0.6) is 0 Å². The van der Waals surface area contributed by atoms with Crippen LogP contribution >= 0.6 is 0 Å². The lowest BCUT2D eigenvalue weighted by atomic mass is 9.91. The molecule has 5 heteroatoms. The first-order chi connectivity index (χ1) is 9.24. The first-order valence-electron chi connectivity index (χ1n) is 6.34. The van der Waals surface area contributed by atoms with Gasteiger partial charge in [0.05, 0.1) is 11.7 Å². The van der Waals surface area contributed by atoms with Crippen LogP contribution in [0.15, 0.2) is 30.7 Å². The molecule has 0 radical (unpaired) electrons. The maximum absolute atomic E-state index is 10.6. The van der Waals surface area contributed by atoms with Crippen molar-refractivity contribution in [2.45, 2.75) is 25.3 Å². The lowest BCUT2D eigenvalue weighted by Gasteiger charge is -2.21. The van der Waals surface area contributed by atoms with Crippen molar-refractivity contribution >= 4 is 22.6 Å². The topological polar surface area (TPSA) is 78.0 Å². The van der Waals surface area contributed by atoms with E-state index < -0.39 is 6.09 Å². The second-order valence-electron chi connectivity index (χ2n) is 4.77. The highest BCUT2D eigenvalue weighted by Gasteiger charge is 2.18. The highest BCUT2D eigenvalue weighted by molar-refractivity contribution is 5.92. The van der Waals surface area contributed by atoms with Gasteiger partial charge in [0.2, 0.25) is 0 Å². The summed E-state index contributed by atoms with van der Waals surface area (Å²) in [4.78, 5) is 17.9. The van der Waals surface area contributed by atoms with Gasteiger partial charge < -0.3 is 15.4 Å². The number of allylic oxidation sites excluding steroid dienone is 1. The standard InChI is InChI=1S/C14H15N3O2/c18-14(19)17-10-3-1-9(2-4-10)12-7-16-13-8-15-6-5-11(12)13/h1,5-8,10,16-17H,2-4H2,(H,18,19). The molecule has 0 aromatic carbocycles. The molecule has 19 heavy (non-hydrogen) atoms. The Morgan fingerprint density at radius 1 is 1.53 bits per heavy atom. The number of H-pyrrole nitrogens is 1. The van der Waals surface area contributed by atoms with Gasteiger partial charge in [0, 0.05) is 29.4 Å². The summed E-state index contributed by atoms with van der Waals surface area (Å²) in [6, 6.07) is 2.04. The third kappa shape index (κ3) is 2.31. The Balaban J connectivity index is 1.84. The van der Waals surface area contributed by atoms with Gasteiger partial charge in [0.25, 0.3) is 0 Å². The molecule has 2 aromatic rings. The first kappa shape index (κ1) is 11.8. The summed E-state index contributed by atoms with van der Waals surface area (Å²) >= 11 is 0. The number of nitrogens with one attached hydrogen (secondary N) is 2. The molecule has 98 valence electrons. The number of carbonyl (C=O) groups is 1. The number of fused-ring (bicyclic) bond motifs is 1. The summed E-state index contributed by atoms with van der Waals surface area (Å²) in [7, 11) is 0. The number of rotatable bonds is 2. The van der Waals surface area contributed by atoms with Crippen LogP contribution in [0.4, 0.5) is 4.79 Å². The molecule has 0 aliphatic heterocycles. The van der Waals surface area contributed by atoms with E-state index in [9.17, 15) is 4.79 Å². The predicted octanol–water partition coefficient (Wildman–Crippen LogP) is 2.77. The fourth-order valence-electron chi connectivity index (χ4n) is 2.62. The molecular formula is C14H15N3O2. The van der Waals surface area contributed by atoms with E-state index >= 15 is 0 Å². The van der Waals surface area contributed by atoms with Gasteiger partial charge in [-0.2, -0.15) is 0 Å². The van der Waals surface area contributed by atoms with Crippen LogP contribution in [0.1, 0.15) is 24.8 Å². The van der Waals surface area contributed by atoms with Crippen LogP contribution in [0.3, 0.4) is 0 Å². The van der Waals surface area contributed by atoms with E-state index in [1.54, 1.807) is 6.20 Å². The second-order valence-corrected chi connectivity index (χ2v) is 4.77. The van der Waals surface area contributed by atoms with Crippen LogP contribution in [0, 0.1) is 0 Å². The third-order valence-electron chi connectivity index (χ3n) is 3.57. The summed E-state index contributed by atoms with van der Waals surface area (Å²) < 4.78 is 0. The van der Waals surface area contributed by atoms with Crippen LogP contribution in [-0.4, -0.2) is 27.2 Å². The van der Waals surface area contributed by atoms with Crippen molar-refractivity contribution < 1.29 is 9.90 Å². The molecule has 1 aliphatic carbocycles. The van der Waals surface area contributed by atoms with Gasteiger partial charge in [-0.05, 0) is 30.9 Å². The summed E-state index contributed by atoms with van der Waals surface area (Å²) in [5, 5.41) is 12.4. The first-order valence-corrected chi connectivity index (χ1v) is 6.34. The van der Waals surface area contributed by atoms with Crippen molar-refractivity contribution in [3.8, 4) is 0 Å². The molecule has 5 nitrogen and oxygen atoms in total. The monoisotopic (exact) mass is 257 g/mol. The van der Waals surface area contributed by atoms with Crippen molar-refractivity contribution in [3.05, 3.63) is 36.3 Å². The molecular weight excluding hydrogens is 242 g/mol. The normalized spacial score (nSPS) is 19.2. The number of nitrogens with zero attached hydrogens (tertiary/aromatic N) is 1.